The van der Waals surface area contributed by atoms with E-state index >= 15 is 0 Å². The second-order valence-electron chi connectivity index (χ2n) is 7.32. The predicted molar refractivity (Wildman–Crippen MR) is 107 cm³/mol. The van der Waals surface area contributed by atoms with Crippen LogP contribution in [0.3, 0.4) is 0 Å². The number of aliphatic imine (C=N–C) groups is 2. The molecule has 0 aliphatic carbocycles. The monoisotopic (exact) mass is 389 g/mol. The van der Waals surface area contributed by atoms with Gasteiger partial charge in [-0.3, -0.25) is 4.79 Å². The highest BCUT2D eigenvalue weighted by atomic mass is 16.6. The number of rotatable bonds is 2. The molecular formula is C18H27N7O3. The standard InChI is InChI=1S/C18H27N7O3/c1-18(2,3)28-17(27)25-9-7-24(8-10-25)14(26)12-5-4-6-13(11-12)22-16(21)23-15(19)20/h4-6,11H,7-10H2,1-3H3,(H6,19,20,21,22,23). The summed E-state index contributed by atoms with van der Waals surface area (Å²) in [6, 6.07) is 6.69. The van der Waals surface area contributed by atoms with Crippen molar-refractivity contribution in [2.45, 2.75) is 26.4 Å². The molecule has 0 spiro atoms. The number of carbonyl (C=O) groups is 2. The summed E-state index contributed by atoms with van der Waals surface area (Å²) < 4.78 is 5.37. The van der Waals surface area contributed by atoms with Crippen molar-refractivity contribution in [2.75, 3.05) is 26.2 Å². The van der Waals surface area contributed by atoms with Gasteiger partial charge in [-0.25, -0.2) is 9.79 Å². The van der Waals surface area contributed by atoms with Crippen LogP contribution in [-0.2, 0) is 4.74 Å². The average molecular weight is 389 g/mol. The number of hydrogen-bond donors (Lipinski definition) is 3. The van der Waals surface area contributed by atoms with Gasteiger partial charge < -0.3 is 31.7 Å². The summed E-state index contributed by atoms with van der Waals surface area (Å²) in [5, 5.41) is 0. The SMILES string of the molecule is CC(C)(C)OC(=O)N1CCN(C(=O)c2cccc(N=C(N)N=C(N)N)c2)CC1. The number of amides is 2. The molecule has 2 rings (SSSR count). The van der Waals surface area contributed by atoms with Gasteiger partial charge in [0.15, 0.2) is 5.96 Å². The maximum absolute atomic E-state index is 12.8. The smallest absolute Gasteiger partial charge is 0.410 e. The highest BCUT2D eigenvalue weighted by molar-refractivity contribution is 5.96. The van der Waals surface area contributed by atoms with Crippen LogP contribution >= 0.6 is 0 Å². The van der Waals surface area contributed by atoms with E-state index in [0.29, 0.717) is 37.4 Å². The van der Waals surface area contributed by atoms with Gasteiger partial charge >= 0.3 is 6.09 Å². The van der Waals surface area contributed by atoms with Crippen molar-refractivity contribution >= 4 is 29.6 Å². The lowest BCUT2D eigenvalue weighted by molar-refractivity contribution is 0.0141. The summed E-state index contributed by atoms with van der Waals surface area (Å²) in [6.07, 6.45) is -0.369. The molecular weight excluding hydrogens is 362 g/mol. The highest BCUT2D eigenvalue weighted by Crippen LogP contribution is 2.17. The molecule has 2 amide bonds. The van der Waals surface area contributed by atoms with Crippen molar-refractivity contribution in [3.8, 4) is 0 Å². The van der Waals surface area contributed by atoms with Crippen molar-refractivity contribution in [3.05, 3.63) is 29.8 Å². The van der Waals surface area contributed by atoms with Crippen LogP contribution in [0.25, 0.3) is 0 Å². The molecule has 1 heterocycles. The van der Waals surface area contributed by atoms with Gasteiger partial charge in [0.25, 0.3) is 5.91 Å². The van der Waals surface area contributed by atoms with Gasteiger partial charge in [0.05, 0.1) is 5.69 Å². The van der Waals surface area contributed by atoms with Gasteiger partial charge in [0.2, 0.25) is 5.96 Å². The molecule has 10 nitrogen and oxygen atoms in total. The Morgan fingerprint density at radius 2 is 1.64 bits per heavy atom. The molecule has 0 bridgehead atoms. The summed E-state index contributed by atoms with van der Waals surface area (Å²) in [7, 11) is 0. The molecule has 0 saturated carbocycles. The summed E-state index contributed by atoms with van der Waals surface area (Å²) in [5.41, 5.74) is 16.5. The number of benzene rings is 1. The van der Waals surface area contributed by atoms with Crippen LogP contribution in [0.2, 0.25) is 0 Å². The molecule has 6 N–H and O–H groups in total. The highest BCUT2D eigenvalue weighted by Gasteiger charge is 2.28. The van der Waals surface area contributed by atoms with Crippen molar-refractivity contribution in [2.24, 2.45) is 27.2 Å². The first kappa shape index (κ1) is 21.0. The van der Waals surface area contributed by atoms with E-state index in [0.717, 1.165) is 0 Å². The molecule has 1 aromatic rings. The first-order valence-electron chi connectivity index (χ1n) is 8.86. The number of nitrogens with two attached hydrogens (primary N) is 3. The Kier molecular flexibility index (Phi) is 6.45. The van der Waals surface area contributed by atoms with Gasteiger partial charge in [-0.15, -0.1) is 0 Å². The van der Waals surface area contributed by atoms with Gasteiger partial charge in [0, 0.05) is 31.7 Å². The number of nitrogens with zero attached hydrogens (tertiary/aromatic N) is 4. The lowest BCUT2D eigenvalue weighted by Gasteiger charge is -2.35. The molecule has 0 aromatic heterocycles. The summed E-state index contributed by atoms with van der Waals surface area (Å²) in [5.74, 6) is -0.451. The normalized spacial score (nSPS) is 15.2. The van der Waals surface area contributed by atoms with Crippen LogP contribution in [0.15, 0.2) is 34.3 Å². The molecule has 0 unspecified atom stereocenters. The molecule has 152 valence electrons. The molecule has 10 heteroatoms. The molecule has 1 aromatic carbocycles. The third kappa shape index (κ3) is 6.15. The van der Waals surface area contributed by atoms with Gasteiger partial charge in [-0.2, -0.15) is 4.99 Å². The third-order valence-corrected chi connectivity index (χ3v) is 3.80. The zero-order valence-electron chi connectivity index (χ0n) is 16.4. The minimum absolute atomic E-state index is 0.101. The Morgan fingerprint density at radius 1 is 1.04 bits per heavy atom. The summed E-state index contributed by atoms with van der Waals surface area (Å²) in [4.78, 5) is 35.9. The Balaban J connectivity index is 2.01. The van der Waals surface area contributed by atoms with Crippen LogP contribution in [-0.4, -0.2) is 65.5 Å². The Bertz CT molecular complexity index is 787. The lowest BCUT2D eigenvalue weighted by atomic mass is 10.1. The number of ether oxygens (including phenoxy) is 1. The van der Waals surface area contributed by atoms with Gasteiger partial charge in [-0.1, -0.05) is 6.07 Å². The molecule has 0 atom stereocenters. The second kappa shape index (κ2) is 8.59. The summed E-state index contributed by atoms with van der Waals surface area (Å²) >= 11 is 0. The minimum atomic E-state index is -0.550. The zero-order chi connectivity index (χ0) is 20.9. The maximum atomic E-state index is 12.8. The largest absolute Gasteiger partial charge is 0.444 e. The topological polar surface area (TPSA) is 153 Å². The lowest BCUT2D eigenvalue weighted by Crippen LogP contribution is -2.51. The fourth-order valence-electron chi connectivity index (χ4n) is 2.60. The third-order valence-electron chi connectivity index (χ3n) is 3.80. The molecule has 1 fully saturated rings. The van der Waals surface area contributed by atoms with E-state index in [9.17, 15) is 9.59 Å². The van der Waals surface area contributed by atoms with Crippen molar-refractivity contribution in [3.63, 3.8) is 0 Å². The maximum Gasteiger partial charge on any atom is 0.410 e. The number of piperazine rings is 1. The van der Waals surface area contributed by atoms with Crippen molar-refractivity contribution in [1.29, 1.82) is 0 Å². The van der Waals surface area contributed by atoms with E-state index in [1.165, 1.54) is 0 Å². The van der Waals surface area contributed by atoms with Crippen LogP contribution in [0.5, 0.6) is 0 Å². The summed E-state index contributed by atoms with van der Waals surface area (Å²) in [6.45, 7) is 7.12. The second-order valence-corrected chi connectivity index (χ2v) is 7.32. The van der Waals surface area contributed by atoms with Gasteiger partial charge in [-0.05, 0) is 39.0 Å². The first-order chi connectivity index (χ1) is 13.0. The average Bonchev–Trinajstić information content (AvgIpc) is 2.59. The van der Waals surface area contributed by atoms with E-state index in [1.54, 1.807) is 34.1 Å². The van der Waals surface area contributed by atoms with E-state index in [2.05, 4.69) is 9.98 Å². The molecule has 1 aliphatic rings. The molecule has 28 heavy (non-hydrogen) atoms. The van der Waals surface area contributed by atoms with Crippen molar-refractivity contribution < 1.29 is 14.3 Å². The number of guanidine groups is 2. The number of carbonyl (C=O) groups excluding carboxylic acids is 2. The fourth-order valence-corrected chi connectivity index (χ4v) is 2.60. The fraction of sp³-hybridized carbons (Fsp3) is 0.444. The molecule has 0 radical (unpaired) electrons. The quantitative estimate of drug-likeness (QED) is 0.497. The zero-order valence-corrected chi connectivity index (χ0v) is 16.4. The first-order valence-corrected chi connectivity index (χ1v) is 8.86. The Morgan fingerprint density at radius 3 is 2.21 bits per heavy atom. The van der Waals surface area contributed by atoms with E-state index in [4.69, 9.17) is 21.9 Å². The van der Waals surface area contributed by atoms with Gasteiger partial charge in [0.1, 0.15) is 5.60 Å². The van der Waals surface area contributed by atoms with Crippen LogP contribution in [0.1, 0.15) is 31.1 Å². The van der Waals surface area contributed by atoms with E-state index < -0.39 is 5.60 Å². The van der Waals surface area contributed by atoms with Crippen LogP contribution in [0, 0.1) is 0 Å². The Labute approximate surface area is 164 Å². The minimum Gasteiger partial charge on any atom is -0.444 e. The Hall–Kier alpha value is -3.30. The van der Waals surface area contributed by atoms with Crippen LogP contribution < -0.4 is 17.2 Å². The molecule has 1 saturated heterocycles. The van der Waals surface area contributed by atoms with Crippen LogP contribution in [0.4, 0.5) is 10.5 Å². The predicted octanol–water partition coefficient (Wildman–Crippen LogP) is 0.599. The molecule has 1 aliphatic heterocycles. The van der Waals surface area contributed by atoms with E-state index in [-0.39, 0.29) is 23.9 Å². The van der Waals surface area contributed by atoms with Crippen molar-refractivity contribution in [1.82, 2.24) is 9.80 Å². The number of hydrogen-bond acceptors (Lipinski definition) is 4. The van der Waals surface area contributed by atoms with E-state index in [1.807, 2.05) is 20.8 Å².